The van der Waals surface area contributed by atoms with Gasteiger partial charge in [-0.25, -0.2) is 21.6 Å². The fourth-order valence-electron chi connectivity index (χ4n) is 3.60. The number of carbonyl (C=O) groups is 2. The lowest BCUT2D eigenvalue weighted by Gasteiger charge is -2.20. The molecule has 202 valence electrons. The number of halogens is 3. The minimum absolute atomic E-state index is 0.147. The van der Waals surface area contributed by atoms with Gasteiger partial charge < -0.3 is 15.7 Å². The van der Waals surface area contributed by atoms with E-state index in [0.717, 1.165) is 32.0 Å². The molecule has 0 spiro atoms. The van der Waals surface area contributed by atoms with Crippen molar-refractivity contribution in [1.82, 2.24) is 4.72 Å². The lowest BCUT2D eigenvalue weighted by atomic mass is 9.95. The SMILES string of the molecule is CC(C)(O)C(=N)NS(=O)(=O)c1cc(C(=O)C(C(=O)c2cc(F)cc(F)c2)=C2Nc3ccccc3N2)ccc1F. The van der Waals surface area contributed by atoms with E-state index in [9.17, 15) is 36.3 Å². The van der Waals surface area contributed by atoms with Gasteiger partial charge in [0.25, 0.3) is 10.0 Å². The summed E-state index contributed by atoms with van der Waals surface area (Å²) in [5, 5.41) is 23.3. The number of allylic oxidation sites excluding steroid dienone is 1. The van der Waals surface area contributed by atoms with Crippen molar-refractivity contribution in [2.45, 2.75) is 24.3 Å². The number of anilines is 2. The summed E-state index contributed by atoms with van der Waals surface area (Å²) in [6, 6.07) is 10.9. The van der Waals surface area contributed by atoms with Gasteiger partial charge in [0, 0.05) is 17.2 Å². The molecule has 1 aliphatic rings. The predicted molar refractivity (Wildman–Crippen MR) is 136 cm³/mol. The minimum Gasteiger partial charge on any atom is -0.383 e. The topological polar surface area (TPSA) is 148 Å². The Labute approximate surface area is 220 Å². The van der Waals surface area contributed by atoms with Crippen LogP contribution in [0.4, 0.5) is 24.5 Å². The van der Waals surface area contributed by atoms with Gasteiger partial charge in [0.2, 0.25) is 11.6 Å². The molecule has 1 aliphatic heterocycles. The number of para-hydroxylation sites is 2. The average Bonchev–Trinajstić information content (AvgIpc) is 3.26. The summed E-state index contributed by atoms with van der Waals surface area (Å²) in [6.45, 7) is 2.26. The van der Waals surface area contributed by atoms with Gasteiger partial charge in [-0.2, -0.15) is 0 Å². The van der Waals surface area contributed by atoms with Crippen LogP contribution in [0, 0.1) is 22.9 Å². The first-order valence-electron chi connectivity index (χ1n) is 11.2. The molecular weight excluding hydrogens is 537 g/mol. The van der Waals surface area contributed by atoms with Crippen molar-refractivity contribution in [3.05, 3.63) is 101 Å². The molecule has 5 N–H and O–H groups in total. The summed E-state index contributed by atoms with van der Waals surface area (Å²) >= 11 is 0. The summed E-state index contributed by atoms with van der Waals surface area (Å²) in [4.78, 5) is 26.1. The second-order valence-electron chi connectivity index (χ2n) is 9.05. The first-order chi connectivity index (χ1) is 18.2. The van der Waals surface area contributed by atoms with Gasteiger partial charge in [-0.15, -0.1) is 0 Å². The van der Waals surface area contributed by atoms with Crippen molar-refractivity contribution in [2.24, 2.45) is 0 Å². The Bertz CT molecular complexity index is 1630. The molecule has 0 saturated carbocycles. The van der Waals surface area contributed by atoms with Crippen LogP contribution >= 0.6 is 0 Å². The highest BCUT2D eigenvalue weighted by molar-refractivity contribution is 7.90. The Kier molecular flexibility index (Phi) is 7.06. The maximum absolute atomic E-state index is 14.6. The van der Waals surface area contributed by atoms with Crippen molar-refractivity contribution in [1.29, 1.82) is 5.41 Å². The number of amidine groups is 1. The van der Waals surface area contributed by atoms with Crippen molar-refractivity contribution >= 4 is 38.8 Å². The molecule has 13 heteroatoms. The number of Topliss-reactive ketones (excluding diaryl/α,β-unsaturated/α-hetero) is 2. The number of hydrogen-bond donors (Lipinski definition) is 5. The third kappa shape index (κ3) is 5.68. The zero-order chi connectivity index (χ0) is 28.7. The van der Waals surface area contributed by atoms with Gasteiger partial charge in [0.05, 0.1) is 11.4 Å². The highest BCUT2D eigenvalue weighted by Gasteiger charge is 2.32. The molecule has 3 aromatic rings. The maximum atomic E-state index is 14.6. The zero-order valence-electron chi connectivity index (χ0n) is 20.4. The second kappa shape index (κ2) is 10.0. The largest absolute Gasteiger partial charge is 0.383 e. The van der Waals surface area contributed by atoms with Gasteiger partial charge >= 0.3 is 0 Å². The van der Waals surface area contributed by atoms with Crippen molar-refractivity contribution < 1.29 is 36.3 Å². The number of benzene rings is 3. The molecule has 0 atom stereocenters. The van der Waals surface area contributed by atoms with E-state index in [1.54, 1.807) is 29.0 Å². The van der Waals surface area contributed by atoms with Crippen LogP contribution in [0.25, 0.3) is 0 Å². The molecule has 0 unspecified atom stereocenters. The van der Waals surface area contributed by atoms with Crippen LogP contribution in [0.2, 0.25) is 0 Å². The number of sulfonamides is 1. The summed E-state index contributed by atoms with van der Waals surface area (Å²) in [7, 11) is -4.79. The quantitative estimate of drug-likeness (QED) is 0.0737. The van der Waals surface area contributed by atoms with E-state index in [0.29, 0.717) is 29.6 Å². The Morgan fingerprint density at radius 1 is 0.872 bits per heavy atom. The zero-order valence-corrected chi connectivity index (χ0v) is 21.2. The first kappa shape index (κ1) is 27.5. The normalized spacial score (nSPS) is 12.7. The number of carbonyl (C=O) groups excluding carboxylic acids is 2. The number of fused-ring (bicyclic) bond motifs is 1. The number of aliphatic hydroxyl groups is 1. The fourth-order valence-corrected chi connectivity index (χ4v) is 4.83. The molecule has 1 heterocycles. The molecule has 0 fully saturated rings. The molecule has 0 radical (unpaired) electrons. The number of nitrogens with one attached hydrogen (secondary N) is 4. The number of hydrogen-bond acceptors (Lipinski definition) is 8. The molecule has 0 amide bonds. The highest BCUT2D eigenvalue weighted by Crippen LogP contribution is 2.33. The van der Waals surface area contributed by atoms with Crippen LogP contribution in [0.1, 0.15) is 34.6 Å². The van der Waals surface area contributed by atoms with Gasteiger partial charge in [-0.05, 0) is 56.3 Å². The lowest BCUT2D eigenvalue weighted by Crippen LogP contribution is -2.44. The van der Waals surface area contributed by atoms with Crippen LogP contribution in [0.15, 0.2) is 77.0 Å². The Balaban J connectivity index is 1.82. The van der Waals surface area contributed by atoms with E-state index in [2.05, 4.69) is 10.6 Å². The van der Waals surface area contributed by atoms with Crippen LogP contribution in [0.5, 0.6) is 0 Å². The Hall–Kier alpha value is -4.49. The van der Waals surface area contributed by atoms with Crippen LogP contribution in [-0.2, 0) is 10.0 Å². The average molecular weight is 559 g/mol. The molecule has 3 aromatic carbocycles. The molecule has 0 aromatic heterocycles. The van der Waals surface area contributed by atoms with Crippen molar-refractivity contribution in [3.63, 3.8) is 0 Å². The lowest BCUT2D eigenvalue weighted by molar-refractivity contribution is 0.0960. The first-order valence-corrected chi connectivity index (χ1v) is 12.7. The van der Waals surface area contributed by atoms with Crippen LogP contribution in [-0.4, -0.2) is 36.5 Å². The van der Waals surface area contributed by atoms with Crippen molar-refractivity contribution in [2.75, 3.05) is 10.6 Å². The predicted octanol–water partition coefficient (Wildman–Crippen LogP) is 3.95. The third-order valence-corrected chi connectivity index (χ3v) is 6.97. The summed E-state index contributed by atoms with van der Waals surface area (Å²) in [5.74, 6) is -6.62. The van der Waals surface area contributed by atoms with E-state index in [4.69, 9.17) is 5.41 Å². The van der Waals surface area contributed by atoms with E-state index in [1.807, 2.05) is 0 Å². The fraction of sp³-hybridized carbons (Fsp3) is 0.115. The number of ketones is 2. The third-order valence-electron chi connectivity index (χ3n) is 5.61. The monoisotopic (exact) mass is 558 g/mol. The molecule has 9 nitrogen and oxygen atoms in total. The van der Waals surface area contributed by atoms with Gasteiger partial charge in [0.1, 0.15) is 45.2 Å². The Morgan fingerprint density at radius 3 is 1.95 bits per heavy atom. The van der Waals surface area contributed by atoms with Crippen LogP contribution < -0.4 is 15.4 Å². The van der Waals surface area contributed by atoms with E-state index in [-0.39, 0.29) is 5.82 Å². The Morgan fingerprint density at radius 2 is 1.41 bits per heavy atom. The summed E-state index contributed by atoms with van der Waals surface area (Å²) < 4.78 is 69.8. The van der Waals surface area contributed by atoms with Crippen molar-refractivity contribution in [3.8, 4) is 0 Å². The summed E-state index contributed by atoms with van der Waals surface area (Å²) in [5.41, 5.74) is -2.54. The highest BCUT2D eigenvalue weighted by atomic mass is 32.2. The maximum Gasteiger partial charge on any atom is 0.265 e. The standard InChI is InChI=1S/C26H21F3N4O5S/c1-26(2,36)25(30)33-39(37,38)20-11-13(7-8-17(20)29)22(34)21(23(35)14-9-15(27)12-16(28)10-14)24-31-18-5-3-4-6-19(18)32-24/h3-12,31-32,36H,1-2H3,(H2,30,33). The summed E-state index contributed by atoms with van der Waals surface area (Å²) in [6.07, 6.45) is 0. The molecule has 0 bridgehead atoms. The van der Waals surface area contributed by atoms with Gasteiger partial charge in [-0.3, -0.25) is 19.7 Å². The van der Waals surface area contributed by atoms with E-state index in [1.165, 1.54) is 0 Å². The molecule has 4 rings (SSSR count). The second-order valence-corrected chi connectivity index (χ2v) is 10.7. The molecule has 0 saturated heterocycles. The molecular formula is C26H21F3N4O5S. The van der Waals surface area contributed by atoms with E-state index < -0.39 is 72.1 Å². The van der Waals surface area contributed by atoms with Gasteiger partial charge in [0.15, 0.2) is 0 Å². The number of rotatable bonds is 7. The molecule has 0 aliphatic carbocycles. The molecule has 39 heavy (non-hydrogen) atoms. The van der Waals surface area contributed by atoms with Crippen LogP contribution in [0.3, 0.4) is 0 Å². The smallest absolute Gasteiger partial charge is 0.265 e. The van der Waals surface area contributed by atoms with E-state index >= 15 is 0 Å². The minimum atomic E-state index is -4.79. The van der Waals surface area contributed by atoms with Gasteiger partial charge in [-0.1, -0.05) is 12.1 Å².